The van der Waals surface area contributed by atoms with Crippen LogP contribution >= 0.6 is 0 Å². The number of carbonyl (C=O) groups is 2. The molecule has 1 saturated heterocycles. The van der Waals surface area contributed by atoms with Crippen molar-refractivity contribution in [3.63, 3.8) is 0 Å². The molecule has 0 spiro atoms. The number of hydrogen-bond donors (Lipinski definition) is 2. The van der Waals surface area contributed by atoms with Gasteiger partial charge in [0.15, 0.2) is 5.78 Å². The Morgan fingerprint density at radius 2 is 2.28 bits per heavy atom. The summed E-state index contributed by atoms with van der Waals surface area (Å²) in [6.07, 6.45) is 0.352. The van der Waals surface area contributed by atoms with Gasteiger partial charge in [-0.15, -0.1) is 0 Å². The normalized spacial score (nSPS) is 22.4. The average molecular weight is 246 g/mol. The zero-order valence-corrected chi connectivity index (χ0v) is 9.86. The second-order valence-electron chi connectivity index (χ2n) is 4.54. The molecule has 1 aromatic carbocycles. The average Bonchev–Trinajstić information content (AvgIpc) is 2.78. The largest absolute Gasteiger partial charge is 0.378 e. The van der Waals surface area contributed by atoms with Gasteiger partial charge in [-0.25, -0.2) is 0 Å². The molecule has 94 valence electrons. The fraction of sp³-hybridized carbons (Fsp3) is 0.385. The number of carbonyl (C=O) groups excluding carboxylic acids is 2. The molecule has 2 N–H and O–H groups in total. The summed E-state index contributed by atoms with van der Waals surface area (Å²) in [5.74, 6) is 0.00516. The van der Waals surface area contributed by atoms with Crippen LogP contribution in [0.1, 0.15) is 15.9 Å². The molecule has 5 nitrogen and oxygen atoms in total. The minimum absolute atomic E-state index is 0.0197. The van der Waals surface area contributed by atoms with Crippen LogP contribution in [0.15, 0.2) is 18.2 Å². The smallest absolute Gasteiger partial charge is 0.228 e. The lowest BCUT2D eigenvalue weighted by molar-refractivity contribution is -0.115. The molecular formula is C13H14N2O3. The van der Waals surface area contributed by atoms with Crippen LogP contribution in [0.25, 0.3) is 0 Å². The lowest BCUT2D eigenvalue weighted by atomic mass is 10.0. The summed E-state index contributed by atoms with van der Waals surface area (Å²) in [4.78, 5) is 23.5. The lowest BCUT2D eigenvalue weighted by Crippen LogP contribution is -2.46. The molecule has 0 saturated carbocycles. The maximum atomic E-state index is 12.2. The summed E-state index contributed by atoms with van der Waals surface area (Å²) in [5, 5.41) is 5.89. The first-order chi connectivity index (χ1) is 8.74. The molecule has 0 aliphatic carbocycles. The number of rotatable bonds is 2. The highest BCUT2D eigenvalue weighted by Gasteiger charge is 2.24. The predicted molar refractivity (Wildman–Crippen MR) is 65.7 cm³/mol. The third-order valence-electron chi connectivity index (χ3n) is 3.25. The van der Waals surface area contributed by atoms with Crippen LogP contribution in [-0.2, 0) is 16.0 Å². The number of amides is 1. The highest BCUT2D eigenvalue weighted by Crippen LogP contribution is 2.24. The summed E-state index contributed by atoms with van der Waals surface area (Å²) < 4.78 is 5.28. The molecule has 0 radical (unpaired) electrons. The third-order valence-corrected chi connectivity index (χ3v) is 3.25. The zero-order valence-electron chi connectivity index (χ0n) is 9.86. The number of fused-ring (bicyclic) bond motifs is 1. The van der Waals surface area contributed by atoms with E-state index in [2.05, 4.69) is 10.6 Å². The summed E-state index contributed by atoms with van der Waals surface area (Å²) in [5.41, 5.74) is 2.33. The van der Waals surface area contributed by atoms with Crippen molar-refractivity contribution >= 4 is 17.4 Å². The van der Waals surface area contributed by atoms with E-state index >= 15 is 0 Å². The molecule has 5 heteroatoms. The lowest BCUT2D eigenvalue weighted by Gasteiger charge is -2.22. The van der Waals surface area contributed by atoms with Crippen molar-refractivity contribution in [3.8, 4) is 0 Å². The quantitative estimate of drug-likeness (QED) is 0.739. The van der Waals surface area contributed by atoms with E-state index < -0.39 is 0 Å². The van der Waals surface area contributed by atoms with Gasteiger partial charge in [-0.2, -0.15) is 0 Å². The summed E-state index contributed by atoms with van der Waals surface area (Å²) >= 11 is 0. The number of hydrogen-bond acceptors (Lipinski definition) is 4. The molecule has 1 unspecified atom stereocenters. The molecule has 18 heavy (non-hydrogen) atoms. The van der Waals surface area contributed by atoms with Crippen LogP contribution in [0.5, 0.6) is 0 Å². The van der Waals surface area contributed by atoms with E-state index in [-0.39, 0.29) is 17.7 Å². The Bertz CT molecular complexity index is 507. The molecule has 1 amide bonds. The van der Waals surface area contributed by atoms with E-state index in [1.54, 1.807) is 18.2 Å². The van der Waals surface area contributed by atoms with E-state index in [9.17, 15) is 9.59 Å². The minimum atomic E-state index is -0.276. The summed E-state index contributed by atoms with van der Waals surface area (Å²) in [7, 11) is 0. The predicted octanol–water partition coefficient (Wildman–Crippen LogP) is 0.352. The molecule has 1 atom stereocenters. The van der Waals surface area contributed by atoms with E-state index in [4.69, 9.17) is 4.74 Å². The van der Waals surface area contributed by atoms with Crippen molar-refractivity contribution in [2.75, 3.05) is 25.1 Å². The number of Topliss-reactive ketones (excluding diaryl/α,β-unsaturated/α-hetero) is 1. The molecule has 0 bridgehead atoms. The van der Waals surface area contributed by atoms with Crippen molar-refractivity contribution in [3.05, 3.63) is 29.3 Å². The number of ketones is 1. The van der Waals surface area contributed by atoms with Gasteiger partial charge < -0.3 is 15.4 Å². The van der Waals surface area contributed by atoms with Crippen LogP contribution < -0.4 is 10.6 Å². The van der Waals surface area contributed by atoms with Crippen LogP contribution in [0, 0.1) is 0 Å². The van der Waals surface area contributed by atoms with E-state index in [1.165, 1.54) is 0 Å². The second kappa shape index (κ2) is 4.51. The molecule has 2 aliphatic heterocycles. The van der Waals surface area contributed by atoms with Gasteiger partial charge in [0.1, 0.15) is 0 Å². The Balaban J connectivity index is 1.82. The van der Waals surface area contributed by atoms with Gasteiger partial charge in [-0.05, 0) is 23.8 Å². The van der Waals surface area contributed by atoms with E-state index in [1.807, 2.05) is 0 Å². The Hall–Kier alpha value is -1.72. The van der Waals surface area contributed by atoms with Gasteiger partial charge in [0.25, 0.3) is 0 Å². The first-order valence-electron chi connectivity index (χ1n) is 6.02. The van der Waals surface area contributed by atoms with Gasteiger partial charge in [-0.1, -0.05) is 0 Å². The number of ether oxygens (including phenoxy) is 1. The van der Waals surface area contributed by atoms with Crippen LogP contribution in [0.3, 0.4) is 0 Å². The Morgan fingerprint density at radius 1 is 1.39 bits per heavy atom. The van der Waals surface area contributed by atoms with Crippen molar-refractivity contribution in [1.82, 2.24) is 5.32 Å². The van der Waals surface area contributed by atoms with Gasteiger partial charge >= 0.3 is 0 Å². The second-order valence-corrected chi connectivity index (χ2v) is 4.54. The Kier molecular flexibility index (Phi) is 2.85. The summed E-state index contributed by atoms with van der Waals surface area (Å²) in [6.45, 7) is 1.75. The highest BCUT2D eigenvalue weighted by atomic mass is 16.5. The van der Waals surface area contributed by atoms with Crippen molar-refractivity contribution in [1.29, 1.82) is 0 Å². The molecular weight excluding hydrogens is 232 g/mol. The standard InChI is InChI=1S/C13H14N2O3/c16-12-6-9-5-8(1-2-10(9)15-12)13(17)11-7-18-4-3-14-11/h1-2,5,11,14H,3-4,6-7H2,(H,15,16). The van der Waals surface area contributed by atoms with Crippen LogP contribution in [0.4, 0.5) is 5.69 Å². The fourth-order valence-electron chi connectivity index (χ4n) is 2.32. The Labute approximate surface area is 105 Å². The van der Waals surface area contributed by atoms with Crippen LogP contribution in [0.2, 0.25) is 0 Å². The minimum Gasteiger partial charge on any atom is -0.378 e. The summed E-state index contributed by atoms with van der Waals surface area (Å²) in [6, 6.07) is 5.06. The molecule has 2 aliphatic rings. The SMILES string of the molecule is O=C1Cc2cc(C(=O)C3COCCN3)ccc2N1. The Morgan fingerprint density at radius 3 is 3.06 bits per heavy atom. The molecule has 1 aromatic rings. The van der Waals surface area contributed by atoms with Crippen molar-refractivity contribution in [2.24, 2.45) is 0 Å². The van der Waals surface area contributed by atoms with E-state index in [0.29, 0.717) is 31.7 Å². The molecule has 0 aromatic heterocycles. The van der Waals surface area contributed by atoms with E-state index in [0.717, 1.165) is 11.3 Å². The number of benzene rings is 1. The van der Waals surface area contributed by atoms with Gasteiger partial charge in [-0.3, -0.25) is 9.59 Å². The highest BCUT2D eigenvalue weighted by molar-refractivity contribution is 6.04. The first kappa shape index (κ1) is 11.4. The van der Waals surface area contributed by atoms with Crippen LogP contribution in [-0.4, -0.2) is 37.5 Å². The molecule has 3 rings (SSSR count). The third kappa shape index (κ3) is 2.02. The zero-order chi connectivity index (χ0) is 12.5. The molecule has 1 fully saturated rings. The number of nitrogens with one attached hydrogen (secondary N) is 2. The molecule has 2 heterocycles. The first-order valence-corrected chi connectivity index (χ1v) is 6.02. The van der Waals surface area contributed by atoms with Gasteiger partial charge in [0.05, 0.1) is 25.7 Å². The topological polar surface area (TPSA) is 67.4 Å². The van der Waals surface area contributed by atoms with Crippen molar-refractivity contribution in [2.45, 2.75) is 12.5 Å². The van der Waals surface area contributed by atoms with Gasteiger partial charge in [0.2, 0.25) is 5.91 Å². The maximum Gasteiger partial charge on any atom is 0.228 e. The number of morpholine rings is 1. The fourth-order valence-corrected chi connectivity index (χ4v) is 2.32. The number of anilines is 1. The maximum absolute atomic E-state index is 12.2. The van der Waals surface area contributed by atoms with Gasteiger partial charge in [0, 0.05) is 17.8 Å². The van der Waals surface area contributed by atoms with Crippen molar-refractivity contribution < 1.29 is 14.3 Å². The monoisotopic (exact) mass is 246 g/mol.